The number of benzene rings is 1. The number of methoxy groups -OCH3 is 1. The van der Waals surface area contributed by atoms with E-state index in [-0.39, 0.29) is 17.8 Å². The summed E-state index contributed by atoms with van der Waals surface area (Å²) in [6, 6.07) is 6.50. The fourth-order valence-corrected chi connectivity index (χ4v) is 3.40. The first-order valence-electron chi connectivity index (χ1n) is 6.87. The minimum atomic E-state index is -0.154. The summed E-state index contributed by atoms with van der Waals surface area (Å²) in [6.07, 6.45) is 1.05. The molecule has 2 aliphatic heterocycles. The van der Waals surface area contributed by atoms with Crippen LogP contribution in [0.15, 0.2) is 18.2 Å². The second kappa shape index (κ2) is 4.85. The molecule has 3 rings (SSSR count). The monoisotopic (exact) mass is 260 g/mol. The van der Waals surface area contributed by atoms with Crippen LogP contribution in [-0.4, -0.2) is 32.2 Å². The van der Waals surface area contributed by atoms with Crippen LogP contribution in [0.5, 0.6) is 0 Å². The molecule has 102 valence electrons. The molecule has 3 unspecified atom stereocenters. The van der Waals surface area contributed by atoms with Gasteiger partial charge in [0.05, 0.1) is 13.0 Å². The van der Waals surface area contributed by atoms with Crippen LogP contribution in [0.4, 0.5) is 5.69 Å². The maximum atomic E-state index is 12.2. The molecule has 1 fully saturated rings. The van der Waals surface area contributed by atoms with Crippen molar-refractivity contribution < 1.29 is 9.53 Å². The fraction of sp³-hybridized carbons (Fsp3) is 0.533. The van der Waals surface area contributed by atoms with E-state index in [2.05, 4.69) is 23.6 Å². The summed E-state index contributed by atoms with van der Waals surface area (Å²) in [4.78, 5) is 12.2. The number of anilines is 1. The molecule has 4 heteroatoms. The molecule has 0 saturated carbocycles. The van der Waals surface area contributed by atoms with Crippen LogP contribution >= 0.6 is 0 Å². The second-order valence-electron chi connectivity index (χ2n) is 5.45. The molecule has 0 spiro atoms. The van der Waals surface area contributed by atoms with Crippen molar-refractivity contribution in [3.63, 3.8) is 0 Å². The van der Waals surface area contributed by atoms with Crippen LogP contribution in [0, 0.1) is 12.8 Å². The molecule has 4 nitrogen and oxygen atoms in total. The van der Waals surface area contributed by atoms with Crippen LogP contribution in [0.3, 0.4) is 0 Å². The Kier molecular flexibility index (Phi) is 3.19. The first-order valence-corrected chi connectivity index (χ1v) is 6.87. The van der Waals surface area contributed by atoms with E-state index >= 15 is 0 Å². The molecule has 0 aromatic heterocycles. The van der Waals surface area contributed by atoms with E-state index in [4.69, 9.17) is 4.74 Å². The number of hydrogen-bond donors (Lipinski definition) is 2. The normalized spacial score (nSPS) is 28.8. The van der Waals surface area contributed by atoms with Gasteiger partial charge in [0.25, 0.3) is 0 Å². The van der Waals surface area contributed by atoms with Crippen molar-refractivity contribution in [2.45, 2.75) is 25.3 Å². The largest absolute Gasteiger partial charge is 0.469 e. The van der Waals surface area contributed by atoms with Gasteiger partial charge in [0.2, 0.25) is 0 Å². The molecular weight excluding hydrogens is 240 g/mol. The number of fused-ring (bicyclic) bond motifs is 2. The lowest BCUT2D eigenvalue weighted by molar-refractivity contribution is -0.144. The van der Waals surface area contributed by atoms with Gasteiger partial charge in [-0.25, -0.2) is 0 Å². The standard InChI is InChI=1S/C15H20N2O2/c1-9-4-3-5-10-13(15(18)19-2)11-8-16-7-6-12(11)17-14(9)10/h3-5,11-13,16-17H,6-8H2,1-2H3. The van der Waals surface area contributed by atoms with Crippen molar-refractivity contribution in [1.29, 1.82) is 0 Å². The molecule has 2 N–H and O–H groups in total. The van der Waals surface area contributed by atoms with E-state index in [1.165, 1.54) is 12.7 Å². The molecule has 0 bridgehead atoms. The average molecular weight is 260 g/mol. The van der Waals surface area contributed by atoms with Crippen molar-refractivity contribution in [1.82, 2.24) is 5.32 Å². The highest BCUT2D eigenvalue weighted by Gasteiger charge is 2.42. The molecule has 1 aromatic rings. The van der Waals surface area contributed by atoms with E-state index in [1.54, 1.807) is 0 Å². The number of hydrogen-bond acceptors (Lipinski definition) is 4. The van der Waals surface area contributed by atoms with Crippen LogP contribution in [-0.2, 0) is 9.53 Å². The molecule has 1 saturated heterocycles. The smallest absolute Gasteiger partial charge is 0.313 e. The molecule has 3 atom stereocenters. The molecular formula is C15H20N2O2. The van der Waals surface area contributed by atoms with Gasteiger partial charge in [-0.1, -0.05) is 18.2 Å². The Morgan fingerprint density at radius 1 is 1.42 bits per heavy atom. The number of rotatable bonds is 1. The Morgan fingerprint density at radius 2 is 2.26 bits per heavy atom. The zero-order valence-corrected chi connectivity index (χ0v) is 11.4. The highest BCUT2D eigenvalue weighted by atomic mass is 16.5. The van der Waals surface area contributed by atoms with Gasteiger partial charge < -0.3 is 15.4 Å². The van der Waals surface area contributed by atoms with Gasteiger partial charge in [-0.3, -0.25) is 4.79 Å². The van der Waals surface area contributed by atoms with E-state index in [0.717, 1.165) is 30.8 Å². The minimum absolute atomic E-state index is 0.118. The van der Waals surface area contributed by atoms with Crippen LogP contribution in [0.1, 0.15) is 23.5 Å². The Bertz CT molecular complexity index is 501. The Labute approximate surface area is 113 Å². The van der Waals surface area contributed by atoms with Gasteiger partial charge in [0, 0.05) is 24.2 Å². The van der Waals surface area contributed by atoms with Gasteiger partial charge in [-0.2, -0.15) is 0 Å². The van der Waals surface area contributed by atoms with E-state index in [9.17, 15) is 4.79 Å². The lowest BCUT2D eigenvalue weighted by Gasteiger charge is -2.42. The summed E-state index contributed by atoms with van der Waals surface area (Å²) in [6.45, 7) is 3.95. The third-order valence-electron chi connectivity index (χ3n) is 4.38. The number of carbonyl (C=O) groups is 1. The summed E-state index contributed by atoms with van der Waals surface area (Å²) in [5.41, 5.74) is 3.40. The highest BCUT2D eigenvalue weighted by Crippen LogP contribution is 2.42. The SMILES string of the molecule is COC(=O)C1c2cccc(C)c2NC2CCNCC21. The Hall–Kier alpha value is -1.55. The number of aryl methyl sites for hydroxylation is 1. The van der Waals surface area contributed by atoms with Gasteiger partial charge in [-0.15, -0.1) is 0 Å². The number of ether oxygens (including phenoxy) is 1. The van der Waals surface area contributed by atoms with Crippen molar-refractivity contribution in [3.05, 3.63) is 29.3 Å². The van der Waals surface area contributed by atoms with Crippen LogP contribution in [0.2, 0.25) is 0 Å². The molecule has 0 radical (unpaired) electrons. The molecule has 2 aliphatic rings. The maximum absolute atomic E-state index is 12.2. The maximum Gasteiger partial charge on any atom is 0.313 e. The van der Waals surface area contributed by atoms with Crippen molar-refractivity contribution in [2.75, 3.05) is 25.5 Å². The van der Waals surface area contributed by atoms with Gasteiger partial charge in [0.15, 0.2) is 0 Å². The number of esters is 1. The van der Waals surface area contributed by atoms with Gasteiger partial charge >= 0.3 is 5.97 Å². The number of nitrogens with one attached hydrogen (secondary N) is 2. The third-order valence-corrected chi connectivity index (χ3v) is 4.38. The van der Waals surface area contributed by atoms with Gasteiger partial charge in [-0.05, 0) is 31.0 Å². The summed E-state index contributed by atoms with van der Waals surface area (Å²) in [7, 11) is 1.48. The second-order valence-corrected chi connectivity index (χ2v) is 5.45. The Balaban J connectivity index is 2.08. The van der Waals surface area contributed by atoms with Crippen molar-refractivity contribution >= 4 is 11.7 Å². The lowest BCUT2D eigenvalue weighted by Crippen LogP contribution is -2.51. The molecule has 2 heterocycles. The molecule has 1 aromatic carbocycles. The van der Waals surface area contributed by atoms with Gasteiger partial charge in [0.1, 0.15) is 0 Å². The van der Waals surface area contributed by atoms with E-state index in [0.29, 0.717) is 6.04 Å². The fourth-order valence-electron chi connectivity index (χ4n) is 3.40. The Morgan fingerprint density at radius 3 is 3.05 bits per heavy atom. The van der Waals surface area contributed by atoms with Crippen LogP contribution in [0.25, 0.3) is 0 Å². The zero-order chi connectivity index (χ0) is 13.4. The highest BCUT2D eigenvalue weighted by molar-refractivity contribution is 5.83. The predicted octanol–water partition coefficient (Wildman–Crippen LogP) is 1.66. The molecule has 0 amide bonds. The number of para-hydroxylation sites is 1. The number of carbonyl (C=O) groups excluding carboxylic acids is 1. The quantitative estimate of drug-likeness (QED) is 0.754. The lowest BCUT2D eigenvalue weighted by atomic mass is 9.74. The number of piperidine rings is 1. The van der Waals surface area contributed by atoms with Crippen molar-refractivity contribution in [3.8, 4) is 0 Å². The summed E-state index contributed by atoms with van der Waals surface area (Å²) < 4.78 is 5.04. The predicted molar refractivity (Wildman–Crippen MR) is 74.3 cm³/mol. The third kappa shape index (κ3) is 2.00. The summed E-state index contributed by atoms with van der Waals surface area (Å²) in [5, 5.41) is 7.02. The topological polar surface area (TPSA) is 50.4 Å². The first kappa shape index (κ1) is 12.5. The van der Waals surface area contributed by atoms with Crippen molar-refractivity contribution in [2.24, 2.45) is 5.92 Å². The first-order chi connectivity index (χ1) is 9.22. The minimum Gasteiger partial charge on any atom is -0.469 e. The van der Waals surface area contributed by atoms with E-state index in [1.807, 2.05) is 12.1 Å². The van der Waals surface area contributed by atoms with Crippen LogP contribution < -0.4 is 10.6 Å². The zero-order valence-electron chi connectivity index (χ0n) is 11.4. The summed E-state index contributed by atoms with van der Waals surface area (Å²) in [5.74, 6) is 0.00139. The molecule has 0 aliphatic carbocycles. The average Bonchev–Trinajstić information content (AvgIpc) is 2.45. The van der Waals surface area contributed by atoms with E-state index < -0.39 is 0 Å². The molecule has 19 heavy (non-hydrogen) atoms. The summed E-state index contributed by atoms with van der Waals surface area (Å²) >= 11 is 0.